The Kier molecular flexibility index (Phi) is 2.96. The lowest BCUT2D eigenvalue weighted by Crippen LogP contribution is -2.50. The Morgan fingerprint density at radius 2 is 2.31 bits per heavy atom. The van der Waals surface area contributed by atoms with Crippen molar-refractivity contribution in [2.75, 3.05) is 13.2 Å². The van der Waals surface area contributed by atoms with E-state index in [1.807, 2.05) is 13.8 Å². The van der Waals surface area contributed by atoms with Crippen molar-refractivity contribution in [1.82, 2.24) is 10.1 Å². The topological polar surface area (TPSA) is 55.6 Å². The van der Waals surface area contributed by atoms with Crippen molar-refractivity contribution in [2.24, 2.45) is 0 Å². The maximum atomic E-state index is 12.1. The molecule has 88 valence electrons. The van der Waals surface area contributed by atoms with Crippen molar-refractivity contribution < 1.29 is 14.1 Å². The number of carbonyl (C=O) groups is 1. The summed E-state index contributed by atoms with van der Waals surface area (Å²) in [6.07, 6.45) is 0.0770. The van der Waals surface area contributed by atoms with Crippen LogP contribution in [0.1, 0.15) is 30.1 Å². The van der Waals surface area contributed by atoms with Crippen LogP contribution in [-0.2, 0) is 4.74 Å². The van der Waals surface area contributed by atoms with Crippen molar-refractivity contribution in [3.63, 3.8) is 0 Å². The molecule has 1 aromatic rings. The number of hydrogen-bond acceptors (Lipinski definition) is 4. The van der Waals surface area contributed by atoms with Gasteiger partial charge in [-0.05, 0) is 20.8 Å². The molecule has 2 heterocycles. The smallest absolute Gasteiger partial charge is 0.276 e. The Hall–Kier alpha value is -1.36. The molecule has 1 aliphatic heterocycles. The van der Waals surface area contributed by atoms with Gasteiger partial charge >= 0.3 is 0 Å². The lowest BCUT2D eigenvalue weighted by Gasteiger charge is -2.36. The zero-order valence-electron chi connectivity index (χ0n) is 9.77. The quantitative estimate of drug-likeness (QED) is 0.720. The fourth-order valence-corrected chi connectivity index (χ4v) is 1.80. The van der Waals surface area contributed by atoms with E-state index in [9.17, 15) is 4.79 Å². The second-order valence-electron chi connectivity index (χ2n) is 4.27. The van der Waals surface area contributed by atoms with Crippen molar-refractivity contribution in [2.45, 2.75) is 32.9 Å². The highest BCUT2D eigenvalue weighted by Crippen LogP contribution is 2.15. The van der Waals surface area contributed by atoms with Crippen LogP contribution in [0.3, 0.4) is 0 Å². The summed E-state index contributed by atoms with van der Waals surface area (Å²) < 4.78 is 10.4. The van der Waals surface area contributed by atoms with E-state index in [4.69, 9.17) is 9.26 Å². The molecule has 0 unspecified atom stereocenters. The van der Waals surface area contributed by atoms with Gasteiger partial charge in [-0.3, -0.25) is 4.79 Å². The third kappa shape index (κ3) is 2.09. The predicted octanol–water partition coefficient (Wildman–Crippen LogP) is 1.23. The van der Waals surface area contributed by atoms with E-state index in [1.54, 1.807) is 17.9 Å². The second kappa shape index (κ2) is 4.25. The zero-order chi connectivity index (χ0) is 11.7. The van der Waals surface area contributed by atoms with Gasteiger partial charge in [0.15, 0.2) is 5.69 Å². The molecule has 2 rings (SSSR count). The Morgan fingerprint density at radius 1 is 1.56 bits per heavy atom. The predicted molar refractivity (Wildman–Crippen MR) is 57.2 cm³/mol. The molecule has 1 fully saturated rings. The minimum Gasteiger partial charge on any atom is -0.375 e. The molecular weight excluding hydrogens is 208 g/mol. The normalized spacial score (nSPS) is 25.8. The molecule has 1 aromatic heterocycles. The SMILES string of the molecule is Cc1cc(C(=O)N2C[C@H](C)OC[C@@H]2C)no1. The first-order chi connectivity index (χ1) is 7.58. The van der Waals surface area contributed by atoms with E-state index in [-0.39, 0.29) is 18.1 Å². The summed E-state index contributed by atoms with van der Waals surface area (Å²) in [5, 5.41) is 3.74. The molecule has 1 aliphatic rings. The first-order valence-electron chi connectivity index (χ1n) is 5.44. The number of hydrogen-bond donors (Lipinski definition) is 0. The highest BCUT2D eigenvalue weighted by molar-refractivity contribution is 5.92. The maximum absolute atomic E-state index is 12.1. The summed E-state index contributed by atoms with van der Waals surface area (Å²) in [7, 11) is 0. The van der Waals surface area contributed by atoms with Gasteiger partial charge in [0.05, 0.1) is 18.8 Å². The average molecular weight is 224 g/mol. The minimum atomic E-state index is -0.0838. The third-order valence-corrected chi connectivity index (χ3v) is 2.72. The average Bonchev–Trinajstić information content (AvgIpc) is 2.67. The van der Waals surface area contributed by atoms with Crippen LogP contribution in [0.5, 0.6) is 0 Å². The first-order valence-corrected chi connectivity index (χ1v) is 5.44. The summed E-state index contributed by atoms with van der Waals surface area (Å²) in [6, 6.07) is 1.75. The molecule has 0 N–H and O–H groups in total. The van der Waals surface area contributed by atoms with Gasteiger partial charge in [-0.2, -0.15) is 0 Å². The van der Waals surface area contributed by atoms with Gasteiger partial charge in [0.25, 0.3) is 5.91 Å². The van der Waals surface area contributed by atoms with Crippen LogP contribution in [0, 0.1) is 6.92 Å². The molecule has 5 nitrogen and oxygen atoms in total. The number of aryl methyl sites for hydroxylation is 1. The van der Waals surface area contributed by atoms with Crippen molar-refractivity contribution in [3.8, 4) is 0 Å². The summed E-state index contributed by atoms with van der Waals surface area (Å²) in [5.74, 6) is 0.566. The van der Waals surface area contributed by atoms with Gasteiger partial charge in [0.1, 0.15) is 5.76 Å². The molecule has 16 heavy (non-hydrogen) atoms. The van der Waals surface area contributed by atoms with Crippen LogP contribution in [0.2, 0.25) is 0 Å². The van der Waals surface area contributed by atoms with Crippen molar-refractivity contribution in [3.05, 3.63) is 17.5 Å². The monoisotopic (exact) mass is 224 g/mol. The van der Waals surface area contributed by atoms with Crippen LogP contribution in [-0.4, -0.2) is 41.3 Å². The summed E-state index contributed by atoms with van der Waals surface area (Å²) in [6.45, 7) is 6.88. The van der Waals surface area contributed by atoms with Gasteiger partial charge in [0, 0.05) is 12.6 Å². The lowest BCUT2D eigenvalue weighted by molar-refractivity contribution is -0.0390. The van der Waals surface area contributed by atoms with E-state index in [1.165, 1.54) is 0 Å². The maximum Gasteiger partial charge on any atom is 0.276 e. The fourth-order valence-electron chi connectivity index (χ4n) is 1.80. The standard InChI is InChI=1S/C11H16N2O3/c1-7-6-15-9(3)5-13(7)11(14)10-4-8(2)16-12-10/h4,7,9H,5-6H2,1-3H3/t7-,9-/m0/s1. The largest absolute Gasteiger partial charge is 0.375 e. The van der Waals surface area contributed by atoms with Gasteiger partial charge < -0.3 is 14.2 Å². The number of nitrogens with zero attached hydrogens (tertiary/aromatic N) is 2. The minimum absolute atomic E-state index is 0.0770. The number of carbonyl (C=O) groups excluding carboxylic acids is 1. The highest BCUT2D eigenvalue weighted by atomic mass is 16.5. The molecule has 5 heteroatoms. The van der Waals surface area contributed by atoms with Crippen LogP contribution >= 0.6 is 0 Å². The van der Waals surface area contributed by atoms with E-state index in [0.717, 1.165) is 0 Å². The Labute approximate surface area is 94.3 Å². The molecular formula is C11H16N2O3. The Balaban J connectivity index is 2.14. The summed E-state index contributed by atoms with van der Waals surface area (Å²) in [4.78, 5) is 13.9. The Morgan fingerprint density at radius 3 is 2.94 bits per heavy atom. The van der Waals surface area contributed by atoms with Crippen LogP contribution in [0.15, 0.2) is 10.6 Å². The van der Waals surface area contributed by atoms with Crippen LogP contribution in [0.4, 0.5) is 0 Å². The lowest BCUT2D eigenvalue weighted by atomic mass is 10.2. The van der Waals surface area contributed by atoms with Crippen molar-refractivity contribution >= 4 is 5.91 Å². The molecule has 0 saturated carbocycles. The number of morpholine rings is 1. The number of amides is 1. The van der Waals surface area contributed by atoms with Gasteiger partial charge in [-0.15, -0.1) is 0 Å². The fraction of sp³-hybridized carbons (Fsp3) is 0.636. The molecule has 1 saturated heterocycles. The summed E-state index contributed by atoms with van der Waals surface area (Å²) >= 11 is 0. The first kappa shape index (κ1) is 11.1. The molecule has 0 radical (unpaired) electrons. The molecule has 0 bridgehead atoms. The van der Waals surface area contributed by atoms with E-state index < -0.39 is 0 Å². The molecule has 0 aliphatic carbocycles. The highest BCUT2D eigenvalue weighted by Gasteiger charge is 2.29. The molecule has 2 atom stereocenters. The van der Waals surface area contributed by atoms with Gasteiger partial charge in [-0.25, -0.2) is 0 Å². The number of rotatable bonds is 1. The van der Waals surface area contributed by atoms with E-state index in [2.05, 4.69) is 5.16 Å². The third-order valence-electron chi connectivity index (χ3n) is 2.72. The number of aromatic nitrogens is 1. The second-order valence-corrected chi connectivity index (χ2v) is 4.27. The number of ether oxygens (including phenoxy) is 1. The van der Waals surface area contributed by atoms with Crippen LogP contribution in [0.25, 0.3) is 0 Å². The molecule has 0 aromatic carbocycles. The zero-order valence-corrected chi connectivity index (χ0v) is 9.77. The van der Waals surface area contributed by atoms with Crippen molar-refractivity contribution in [1.29, 1.82) is 0 Å². The van der Waals surface area contributed by atoms with Gasteiger partial charge in [-0.1, -0.05) is 5.16 Å². The van der Waals surface area contributed by atoms with Gasteiger partial charge in [0.2, 0.25) is 0 Å². The van der Waals surface area contributed by atoms with E-state index in [0.29, 0.717) is 24.6 Å². The molecule has 0 spiro atoms. The Bertz CT molecular complexity index is 388. The van der Waals surface area contributed by atoms with Crippen LogP contribution < -0.4 is 0 Å². The molecule has 1 amide bonds. The summed E-state index contributed by atoms with van der Waals surface area (Å²) in [5.41, 5.74) is 0.374. The van der Waals surface area contributed by atoms with E-state index >= 15 is 0 Å².